The number of amides is 2. The Morgan fingerprint density at radius 1 is 1.03 bits per heavy atom. The van der Waals surface area contributed by atoms with Gasteiger partial charge in [-0.25, -0.2) is 0 Å². The van der Waals surface area contributed by atoms with Crippen LogP contribution in [0.1, 0.15) is 19.4 Å². The molecule has 1 atom stereocenters. The van der Waals surface area contributed by atoms with E-state index in [1.807, 2.05) is 6.07 Å². The minimum Gasteiger partial charge on any atom is -0.492 e. The Bertz CT molecular complexity index is 899. The standard InChI is InChI=1S/C24H31N3O5/c1-4-5-19-14-21(27-18(3)29)8-11-24(19)32-16-22(30)15-25-12-13-31-23-9-6-20(7-10-23)26-17(2)28/h4,6-11,14,22,25,30H,1,5,12-13,15-16H2,2-3H3,(H,26,28)(H,27,29). The van der Waals surface area contributed by atoms with Gasteiger partial charge < -0.3 is 30.5 Å². The average Bonchev–Trinajstić information content (AvgIpc) is 2.73. The number of nitrogens with one attached hydrogen (secondary N) is 3. The maximum absolute atomic E-state index is 11.2. The quantitative estimate of drug-likeness (QED) is 0.281. The summed E-state index contributed by atoms with van der Waals surface area (Å²) >= 11 is 0. The van der Waals surface area contributed by atoms with Gasteiger partial charge in [0.2, 0.25) is 11.8 Å². The van der Waals surface area contributed by atoms with Crippen LogP contribution in [0.4, 0.5) is 11.4 Å². The summed E-state index contributed by atoms with van der Waals surface area (Å²) in [4.78, 5) is 22.3. The molecule has 4 N–H and O–H groups in total. The highest BCUT2D eigenvalue weighted by Crippen LogP contribution is 2.24. The normalized spacial score (nSPS) is 11.3. The fourth-order valence-corrected chi connectivity index (χ4v) is 2.91. The molecule has 8 heteroatoms. The molecule has 0 aliphatic rings. The molecule has 0 aliphatic heterocycles. The molecule has 0 heterocycles. The summed E-state index contributed by atoms with van der Waals surface area (Å²) < 4.78 is 11.4. The van der Waals surface area contributed by atoms with E-state index < -0.39 is 6.10 Å². The second-order valence-corrected chi connectivity index (χ2v) is 7.22. The number of aliphatic hydroxyl groups is 1. The van der Waals surface area contributed by atoms with Crippen molar-refractivity contribution in [3.63, 3.8) is 0 Å². The second-order valence-electron chi connectivity index (χ2n) is 7.22. The Balaban J connectivity index is 1.70. The molecule has 1 unspecified atom stereocenters. The topological polar surface area (TPSA) is 109 Å². The van der Waals surface area contributed by atoms with Crippen LogP contribution >= 0.6 is 0 Å². The van der Waals surface area contributed by atoms with Crippen LogP contribution < -0.4 is 25.4 Å². The van der Waals surface area contributed by atoms with E-state index in [1.54, 1.807) is 42.5 Å². The number of hydrogen-bond acceptors (Lipinski definition) is 6. The zero-order chi connectivity index (χ0) is 23.3. The van der Waals surface area contributed by atoms with Crippen molar-refractivity contribution < 1.29 is 24.2 Å². The third kappa shape index (κ3) is 9.20. The minimum atomic E-state index is -0.696. The molecule has 0 saturated heterocycles. The van der Waals surface area contributed by atoms with Gasteiger partial charge in [0.15, 0.2) is 0 Å². The van der Waals surface area contributed by atoms with Crippen molar-refractivity contribution >= 4 is 23.2 Å². The molecule has 2 aromatic carbocycles. The first-order valence-corrected chi connectivity index (χ1v) is 10.4. The lowest BCUT2D eigenvalue weighted by Crippen LogP contribution is -2.33. The summed E-state index contributed by atoms with van der Waals surface area (Å²) in [5.41, 5.74) is 2.28. The lowest BCUT2D eigenvalue weighted by molar-refractivity contribution is -0.115. The van der Waals surface area contributed by atoms with Crippen LogP contribution in [0.5, 0.6) is 11.5 Å². The van der Waals surface area contributed by atoms with Crippen molar-refractivity contribution in [3.8, 4) is 11.5 Å². The van der Waals surface area contributed by atoms with Gasteiger partial charge in [-0.05, 0) is 54.4 Å². The summed E-state index contributed by atoms with van der Waals surface area (Å²) in [5.74, 6) is 1.08. The fraction of sp³-hybridized carbons (Fsp3) is 0.333. The highest BCUT2D eigenvalue weighted by atomic mass is 16.5. The number of ether oxygens (including phenoxy) is 2. The van der Waals surface area contributed by atoms with Crippen molar-refractivity contribution in [2.24, 2.45) is 0 Å². The number of allylic oxidation sites excluding steroid dienone is 1. The van der Waals surface area contributed by atoms with Crippen LogP contribution in [-0.4, -0.2) is 49.3 Å². The van der Waals surface area contributed by atoms with E-state index in [0.717, 1.165) is 5.56 Å². The van der Waals surface area contributed by atoms with Gasteiger partial charge >= 0.3 is 0 Å². The maximum Gasteiger partial charge on any atom is 0.221 e. The Hall–Kier alpha value is -3.36. The predicted molar refractivity (Wildman–Crippen MR) is 125 cm³/mol. The summed E-state index contributed by atoms with van der Waals surface area (Å²) in [6, 6.07) is 12.5. The van der Waals surface area contributed by atoms with Crippen molar-refractivity contribution in [1.82, 2.24) is 5.32 Å². The lowest BCUT2D eigenvalue weighted by Gasteiger charge is -2.16. The van der Waals surface area contributed by atoms with E-state index in [-0.39, 0.29) is 18.4 Å². The third-order valence-electron chi connectivity index (χ3n) is 4.28. The minimum absolute atomic E-state index is 0.121. The van der Waals surface area contributed by atoms with Crippen molar-refractivity contribution in [2.75, 3.05) is 36.9 Å². The van der Waals surface area contributed by atoms with Gasteiger partial charge in [0.05, 0.1) is 0 Å². The molecule has 2 amide bonds. The zero-order valence-electron chi connectivity index (χ0n) is 18.5. The van der Waals surface area contributed by atoms with Gasteiger partial charge in [-0.3, -0.25) is 9.59 Å². The van der Waals surface area contributed by atoms with Gasteiger partial charge in [-0.15, -0.1) is 6.58 Å². The van der Waals surface area contributed by atoms with Gasteiger partial charge in [0.25, 0.3) is 0 Å². The molecule has 0 aromatic heterocycles. The van der Waals surface area contributed by atoms with Crippen LogP contribution in [0.25, 0.3) is 0 Å². The number of carbonyl (C=O) groups is 2. The van der Waals surface area contributed by atoms with Gasteiger partial charge in [0.1, 0.15) is 30.8 Å². The summed E-state index contributed by atoms with van der Waals surface area (Å²) in [6.45, 7) is 8.12. The van der Waals surface area contributed by atoms with E-state index in [4.69, 9.17) is 9.47 Å². The molecular formula is C24H31N3O5. The SMILES string of the molecule is C=CCc1cc(NC(C)=O)ccc1OCC(O)CNCCOc1ccc(NC(C)=O)cc1. The summed E-state index contributed by atoms with van der Waals surface area (Å²) in [5, 5.41) is 18.7. The van der Waals surface area contributed by atoms with Gasteiger partial charge in [-0.1, -0.05) is 6.08 Å². The number of benzene rings is 2. The van der Waals surface area contributed by atoms with Crippen LogP contribution in [0, 0.1) is 0 Å². The molecule has 2 rings (SSSR count). The number of anilines is 2. The van der Waals surface area contributed by atoms with Crippen LogP contribution in [0.3, 0.4) is 0 Å². The smallest absolute Gasteiger partial charge is 0.221 e. The molecule has 0 aliphatic carbocycles. The number of carbonyl (C=O) groups excluding carboxylic acids is 2. The molecule has 2 aromatic rings. The van der Waals surface area contributed by atoms with Crippen molar-refractivity contribution in [2.45, 2.75) is 26.4 Å². The number of rotatable bonds is 13. The number of hydrogen-bond donors (Lipinski definition) is 4. The van der Waals surface area contributed by atoms with Crippen LogP contribution in [0.2, 0.25) is 0 Å². The highest BCUT2D eigenvalue weighted by molar-refractivity contribution is 5.89. The first kappa shape index (κ1) is 24.9. The Labute approximate surface area is 188 Å². The Kier molecular flexibility index (Phi) is 10.2. The molecule has 0 saturated carbocycles. The van der Waals surface area contributed by atoms with Gasteiger partial charge in [-0.2, -0.15) is 0 Å². The molecule has 0 radical (unpaired) electrons. The van der Waals surface area contributed by atoms with Crippen LogP contribution in [-0.2, 0) is 16.0 Å². The first-order chi connectivity index (χ1) is 15.4. The van der Waals surface area contributed by atoms with Crippen molar-refractivity contribution in [3.05, 3.63) is 60.7 Å². The van der Waals surface area contributed by atoms with E-state index in [1.165, 1.54) is 13.8 Å². The molecule has 32 heavy (non-hydrogen) atoms. The van der Waals surface area contributed by atoms with Gasteiger partial charge in [0, 0.05) is 38.3 Å². The Morgan fingerprint density at radius 2 is 1.69 bits per heavy atom. The van der Waals surface area contributed by atoms with E-state index in [2.05, 4.69) is 22.5 Å². The first-order valence-electron chi connectivity index (χ1n) is 10.4. The molecule has 0 spiro atoms. The fourth-order valence-electron chi connectivity index (χ4n) is 2.91. The molecular weight excluding hydrogens is 410 g/mol. The largest absolute Gasteiger partial charge is 0.492 e. The molecule has 8 nitrogen and oxygen atoms in total. The monoisotopic (exact) mass is 441 g/mol. The average molecular weight is 442 g/mol. The van der Waals surface area contributed by atoms with Crippen molar-refractivity contribution in [1.29, 1.82) is 0 Å². The Morgan fingerprint density at radius 3 is 2.34 bits per heavy atom. The third-order valence-corrected chi connectivity index (χ3v) is 4.28. The van der Waals surface area contributed by atoms with E-state index >= 15 is 0 Å². The molecule has 0 bridgehead atoms. The maximum atomic E-state index is 11.2. The van der Waals surface area contributed by atoms with E-state index in [9.17, 15) is 14.7 Å². The number of aliphatic hydroxyl groups excluding tert-OH is 1. The summed E-state index contributed by atoms with van der Waals surface area (Å²) in [7, 11) is 0. The van der Waals surface area contributed by atoms with Crippen LogP contribution in [0.15, 0.2) is 55.1 Å². The lowest BCUT2D eigenvalue weighted by atomic mass is 10.1. The van der Waals surface area contributed by atoms with E-state index in [0.29, 0.717) is 49.0 Å². The second kappa shape index (κ2) is 13.1. The summed E-state index contributed by atoms with van der Waals surface area (Å²) in [6.07, 6.45) is 1.64. The highest BCUT2D eigenvalue weighted by Gasteiger charge is 2.09. The zero-order valence-corrected chi connectivity index (χ0v) is 18.5. The molecule has 0 fully saturated rings. The predicted octanol–water partition coefficient (Wildman–Crippen LogP) is 2.74. The molecule has 172 valence electrons.